The van der Waals surface area contributed by atoms with Crippen molar-refractivity contribution in [3.05, 3.63) is 57.5 Å². The molecule has 6 heterocycles. The summed E-state index contributed by atoms with van der Waals surface area (Å²) in [5.74, 6) is -0.239. The molecule has 246 valence electrons. The van der Waals surface area contributed by atoms with Crippen molar-refractivity contribution in [1.82, 2.24) is 25.2 Å². The number of morpholine rings is 1. The van der Waals surface area contributed by atoms with Crippen LogP contribution >= 0.6 is 11.8 Å². The maximum absolute atomic E-state index is 15.3. The molecular formula is C32H32F4N8O2S. The molecule has 8 rings (SSSR count). The smallest absolute Gasteiger partial charge is 0.420 e. The minimum atomic E-state index is -4.91. The number of halogens is 4. The number of nitrogens with one attached hydrogen (secondary N) is 1. The number of alkyl halides is 3. The minimum Gasteiger partial charge on any atom is -0.488 e. The number of hydrogen-bond donors (Lipinski definition) is 2. The normalized spacial score (nSPS) is 26.1. The van der Waals surface area contributed by atoms with Crippen LogP contribution in [0, 0.1) is 22.7 Å². The van der Waals surface area contributed by atoms with Gasteiger partial charge in [-0.3, -0.25) is 4.98 Å². The van der Waals surface area contributed by atoms with Crippen molar-refractivity contribution < 1.29 is 27.0 Å². The molecule has 10 nitrogen and oxygen atoms in total. The first-order valence-corrected chi connectivity index (χ1v) is 16.6. The molecule has 4 aliphatic heterocycles. The van der Waals surface area contributed by atoms with Crippen LogP contribution in [0.25, 0.3) is 16.5 Å². The Morgan fingerprint density at radius 3 is 2.77 bits per heavy atom. The molecule has 6 aliphatic rings. The molecule has 0 spiro atoms. The summed E-state index contributed by atoms with van der Waals surface area (Å²) in [6.07, 6.45) is 1.53. The molecule has 47 heavy (non-hydrogen) atoms. The summed E-state index contributed by atoms with van der Waals surface area (Å²) >= 11 is 0.930. The fourth-order valence-corrected chi connectivity index (χ4v) is 8.27. The Kier molecular flexibility index (Phi) is 7.10. The molecule has 2 fully saturated rings. The average Bonchev–Trinajstić information content (AvgIpc) is 3.73. The molecule has 3 N–H and O–H groups in total. The third-order valence-corrected chi connectivity index (χ3v) is 11.2. The van der Waals surface area contributed by atoms with Crippen LogP contribution in [0.2, 0.25) is 0 Å². The highest BCUT2D eigenvalue weighted by Crippen LogP contribution is 2.53. The fraction of sp³-hybridized carbons (Fsp3) is 0.500. The van der Waals surface area contributed by atoms with Crippen molar-refractivity contribution in [2.24, 2.45) is 17.1 Å². The number of allylic oxidation sites excluding steroid dienone is 4. The number of nitrogens with two attached hydrogens (primary N) is 1. The largest absolute Gasteiger partial charge is 0.488 e. The van der Waals surface area contributed by atoms with Crippen LogP contribution in [-0.2, 0) is 10.9 Å². The lowest BCUT2D eigenvalue weighted by molar-refractivity contribution is -0.136. The number of thioether (sulfide) groups is 1. The number of anilines is 1. The van der Waals surface area contributed by atoms with E-state index in [1.807, 2.05) is 17.9 Å². The number of nitriles is 1. The molecule has 1 saturated carbocycles. The molecular weight excluding hydrogens is 636 g/mol. The molecule has 0 aromatic carbocycles. The predicted octanol–water partition coefficient (Wildman–Crippen LogP) is 4.62. The van der Waals surface area contributed by atoms with E-state index in [2.05, 4.69) is 20.2 Å². The van der Waals surface area contributed by atoms with Gasteiger partial charge in [0.2, 0.25) is 0 Å². The molecule has 2 aliphatic carbocycles. The van der Waals surface area contributed by atoms with E-state index in [0.29, 0.717) is 32.1 Å². The zero-order chi connectivity index (χ0) is 32.7. The number of ether oxygens (including phenoxy) is 2. The van der Waals surface area contributed by atoms with Gasteiger partial charge in [-0.15, -0.1) is 0 Å². The summed E-state index contributed by atoms with van der Waals surface area (Å²) in [5.41, 5.74) is 5.36. The van der Waals surface area contributed by atoms with Gasteiger partial charge >= 0.3 is 12.2 Å². The molecule has 3 atom stereocenters. The van der Waals surface area contributed by atoms with Crippen molar-refractivity contribution >= 4 is 34.1 Å². The summed E-state index contributed by atoms with van der Waals surface area (Å²) < 4.78 is 72.3. The van der Waals surface area contributed by atoms with Crippen LogP contribution in [0.5, 0.6) is 6.01 Å². The van der Waals surface area contributed by atoms with E-state index in [0.717, 1.165) is 55.9 Å². The second kappa shape index (κ2) is 11.0. The van der Waals surface area contributed by atoms with Crippen LogP contribution in [0.15, 0.2) is 46.2 Å². The maximum atomic E-state index is 15.3. The molecule has 2 aromatic rings. The Balaban J connectivity index is 1.23. The SMILES string of the molecule is CCC1CN(c2nc(OCC3(CN4CC5=C4CO5)CC3)nc3c(C(F)(F)F)c(C4=CC=C(F)C5SC(N)=C(C#N)C45)ncc23)CCN1. The lowest BCUT2D eigenvalue weighted by Crippen LogP contribution is -2.50. The quantitative estimate of drug-likeness (QED) is 0.383. The van der Waals surface area contributed by atoms with Gasteiger partial charge in [-0.25, -0.2) is 4.39 Å². The van der Waals surface area contributed by atoms with E-state index in [4.69, 9.17) is 20.2 Å². The number of hydrogen-bond acceptors (Lipinski definition) is 11. The zero-order valence-electron chi connectivity index (χ0n) is 25.5. The Labute approximate surface area is 272 Å². The summed E-state index contributed by atoms with van der Waals surface area (Å²) in [4.78, 5) is 17.7. The van der Waals surface area contributed by atoms with Crippen LogP contribution in [-0.4, -0.2) is 77.1 Å². The van der Waals surface area contributed by atoms with E-state index in [9.17, 15) is 9.65 Å². The number of aromatic nitrogens is 3. The molecule has 1 saturated heterocycles. The Bertz CT molecular complexity index is 1850. The van der Waals surface area contributed by atoms with Gasteiger partial charge in [0.15, 0.2) is 0 Å². The highest BCUT2D eigenvalue weighted by atomic mass is 32.2. The maximum Gasteiger partial charge on any atom is 0.420 e. The molecule has 0 amide bonds. The third-order valence-electron chi connectivity index (χ3n) is 10.0. The first kappa shape index (κ1) is 30.3. The number of rotatable bonds is 8. The van der Waals surface area contributed by atoms with Crippen molar-refractivity contribution in [3.8, 4) is 12.1 Å². The van der Waals surface area contributed by atoms with Crippen molar-refractivity contribution in [1.29, 1.82) is 5.26 Å². The van der Waals surface area contributed by atoms with Crippen molar-refractivity contribution in [2.45, 2.75) is 43.7 Å². The first-order chi connectivity index (χ1) is 22.6. The molecule has 3 unspecified atom stereocenters. The summed E-state index contributed by atoms with van der Waals surface area (Å²) in [5, 5.41) is 12.6. The molecule has 15 heteroatoms. The number of nitrogens with zero attached hydrogens (tertiary/aromatic N) is 6. The van der Waals surface area contributed by atoms with Gasteiger partial charge in [-0.05, 0) is 30.9 Å². The van der Waals surface area contributed by atoms with E-state index in [-0.39, 0.29) is 51.2 Å². The topological polar surface area (TPSA) is 125 Å². The Morgan fingerprint density at radius 2 is 2.11 bits per heavy atom. The summed E-state index contributed by atoms with van der Waals surface area (Å²) in [7, 11) is 0. The second-order valence-electron chi connectivity index (χ2n) is 13.0. The molecule has 0 radical (unpaired) electrons. The van der Waals surface area contributed by atoms with Gasteiger partial charge in [0.25, 0.3) is 0 Å². The van der Waals surface area contributed by atoms with Crippen LogP contribution in [0.1, 0.15) is 37.4 Å². The fourth-order valence-electron chi connectivity index (χ4n) is 7.08. The Hall–Kier alpha value is -4.03. The number of piperazine rings is 1. The van der Waals surface area contributed by atoms with Crippen LogP contribution in [0.3, 0.4) is 0 Å². The lowest BCUT2D eigenvalue weighted by Gasteiger charge is -2.46. The van der Waals surface area contributed by atoms with E-state index >= 15 is 13.2 Å². The number of fused-ring (bicyclic) bond motifs is 2. The Morgan fingerprint density at radius 1 is 1.28 bits per heavy atom. The van der Waals surface area contributed by atoms with E-state index < -0.39 is 34.4 Å². The van der Waals surface area contributed by atoms with Gasteiger partial charge in [0.05, 0.1) is 57.4 Å². The predicted molar refractivity (Wildman–Crippen MR) is 167 cm³/mol. The minimum absolute atomic E-state index is 0.0247. The summed E-state index contributed by atoms with van der Waals surface area (Å²) in [6, 6.07) is 1.98. The van der Waals surface area contributed by atoms with Crippen molar-refractivity contribution in [2.75, 3.05) is 50.8 Å². The van der Waals surface area contributed by atoms with E-state index in [1.54, 1.807) is 0 Å². The third kappa shape index (κ3) is 5.07. The lowest BCUT2D eigenvalue weighted by atomic mass is 9.82. The van der Waals surface area contributed by atoms with Crippen LogP contribution in [0.4, 0.5) is 23.4 Å². The van der Waals surface area contributed by atoms with Gasteiger partial charge in [-0.2, -0.15) is 28.4 Å². The monoisotopic (exact) mass is 668 g/mol. The summed E-state index contributed by atoms with van der Waals surface area (Å²) in [6.45, 7) is 6.17. The highest BCUT2D eigenvalue weighted by molar-refractivity contribution is 8.04. The van der Waals surface area contributed by atoms with Gasteiger partial charge in [-0.1, -0.05) is 24.8 Å². The van der Waals surface area contributed by atoms with Gasteiger partial charge < -0.3 is 30.3 Å². The van der Waals surface area contributed by atoms with Crippen LogP contribution < -0.4 is 20.7 Å². The molecule has 0 bridgehead atoms. The number of pyridine rings is 1. The van der Waals surface area contributed by atoms with E-state index in [1.165, 1.54) is 18.0 Å². The zero-order valence-corrected chi connectivity index (χ0v) is 26.3. The second-order valence-corrected chi connectivity index (χ2v) is 14.1. The van der Waals surface area contributed by atoms with Gasteiger partial charge in [0, 0.05) is 49.8 Å². The average molecular weight is 669 g/mol. The molecule has 2 aromatic heterocycles. The van der Waals surface area contributed by atoms with Gasteiger partial charge in [0.1, 0.15) is 29.6 Å². The highest BCUT2D eigenvalue weighted by Gasteiger charge is 2.50. The van der Waals surface area contributed by atoms with Crippen molar-refractivity contribution in [3.63, 3.8) is 0 Å². The first-order valence-electron chi connectivity index (χ1n) is 15.7. The standard InChI is InChI=1S/C32H32F4N8O2S/c1-2-16-11-43(8-7-39-16)29-19-10-40-25(17-3-4-20(33)27-23(17)18(9-37)28(38)47-27)24(32(34,35)36)26(19)41-30(42-29)46-15-31(5-6-31)14-44-12-22-21(44)13-45-22/h3-4,10,16,23,27,39H,2,5-8,11-15,38H2,1H3.